The van der Waals surface area contributed by atoms with Crippen LogP contribution in [-0.2, 0) is 0 Å². The molecule has 1 atom stereocenters. The molecule has 100 valence electrons. The maximum Gasteiger partial charge on any atom is 0.126 e. The Morgan fingerprint density at radius 2 is 2.17 bits per heavy atom. The molecule has 1 aliphatic carbocycles. The number of hydrogen-bond donors (Lipinski definition) is 2. The smallest absolute Gasteiger partial charge is 0.126 e. The SMILES string of the molecule is Cc1cc(C(CSC2CCCC2)NN)ccc1F. The first kappa shape index (κ1) is 13.8. The van der Waals surface area contributed by atoms with E-state index in [1.165, 1.54) is 31.7 Å². The van der Waals surface area contributed by atoms with Gasteiger partial charge in [-0.2, -0.15) is 11.8 Å². The molecular formula is C14H21FN2S. The third-order valence-corrected chi connectivity index (χ3v) is 5.05. The Balaban J connectivity index is 1.96. The fraction of sp³-hybridized carbons (Fsp3) is 0.571. The first-order valence-electron chi connectivity index (χ1n) is 6.54. The molecule has 0 spiro atoms. The van der Waals surface area contributed by atoms with Crippen LogP contribution in [0.1, 0.15) is 42.9 Å². The molecule has 1 aromatic carbocycles. The van der Waals surface area contributed by atoms with Gasteiger partial charge < -0.3 is 0 Å². The van der Waals surface area contributed by atoms with Crippen molar-refractivity contribution in [1.29, 1.82) is 0 Å². The molecule has 4 heteroatoms. The average molecular weight is 268 g/mol. The Kier molecular flexibility index (Phi) is 5.03. The van der Waals surface area contributed by atoms with E-state index in [2.05, 4.69) is 5.43 Å². The first-order chi connectivity index (χ1) is 8.70. The van der Waals surface area contributed by atoms with Crippen LogP contribution in [0.5, 0.6) is 0 Å². The summed E-state index contributed by atoms with van der Waals surface area (Å²) in [6.07, 6.45) is 5.36. The molecule has 0 saturated heterocycles. The predicted octanol–water partition coefficient (Wildman–Crippen LogP) is 3.31. The van der Waals surface area contributed by atoms with Crippen molar-refractivity contribution in [3.8, 4) is 0 Å². The zero-order valence-electron chi connectivity index (χ0n) is 10.8. The molecule has 18 heavy (non-hydrogen) atoms. The third kappa shape index (κ3) is 3.46. The van der Waals surface area contributed by atoms with Crippen molar-refractivity contribution < 1.29 is 4.39 Å². The van der Waals surface area contributed by atoms with Gasteiger partial charge in [0.05, 0.1) is 6.04 Å². The number of rotatable bonds is 5. The molecule has 0 bridgehead atoms. The molecule has 1 fully saturated rings. The van der Waals surface area contributed by atoms with Crippen molar-refractivity contribution in [2.24, 2.45) is 5.84 Å². The van der Waals surface area contributed by atoms with Gasteiger partial charge in [-0.05, 0) is 37.0 Å². The third-order valence-electron chi connectivity index (χ3n) is 3.59. The Hall–Kier alpha value is -0.580. The molecule has 3 N–H and O–H groups in total. The van der Waals surface area contributed by atoms with Crippen LogP contribution in [0.3, 0.4) is 0 Å². The van der Waals surface area contributed by atoms with Gasteiger partial charge in [0.1, 0.15) is 5.82 Å². The number of hydrazine groups is 1. The first-order valence-corrected chi connectivity index (χ1v) is 7.59. The molecule has 0 aliphatic heterocycles. The summed E-state index contributed by atoms with van der Waals surface area (Å²) in [6.45, 7) is 1.79. The largest absolute Gasteiger partial charge is 0.271 e. The van der Waals surface area contributed by atoms with E-state index in [4.69, 9.17) is 5.84 Å². The van der Waals surface area contributed by atoms with Crippen molar-refractivity contribution in [2.45, 2.75) is 43.9 Å². The molecule has 2 rings (SSSR count). The minimum absolute atomic E-state index is 0.106. The Labute approximate surface area is 112 Å². The summed E-state index contributed by atoms with van der Waals surface area (Å²) in [7, 11) is 0. The fourth-order valence-electron chi connectivity index (χ4n) is 2.41. The highest BCUT2D eigenvalue weighted by Gasteiger charge is 2.18. The van der Waals surface area contributed by atoms with Gasteiger partial charge in [-0.15, -0.1) is 0 Å². The van der Waals surface area contributed by atoms with E-state index in [1.807, 2.05) is 23.9 Å². The van der Waals surface area contributed by atoms with E-state index in [9.17, 15) is 4.39 Å². The highest BCUT2D eigenvalue weighted by Crippen LogP contribution is 2.32. The minimum atomic E-state index is -0.155. The maximum atomic E-state index is 13.2. The number of aryl methyl sites for hydroxylation is 1. The number of hydrogen-bond acceptors (Lipinski definition) is 3. The summed E-state index contributed by atoms with van der Waals surface area (Å²) >= 11 is 1.99. The van der Waals surface area contributed by atoms with Crippen molar-refractivity contribution in [3.63, 3.8) is 0 Å². The Bertz CT molecular complexity index is 391. The molecule has 1 aromatic rings. The zero-order valence-corrected chi connectivity index (χ0v) is 11.6. The molecule has 0 radical (unpaired) electrons. The molecule has 0 aromatic heterocycles. The van der Waals surface area contributed by atoms with Gasteiger partial charge in [0.2, 0.25) is 0 Å². The lowest BCUT2D eigenvalue weighted by molar-refractivity contribution is 0.596. The van der Waals surface area contributed by atoms with Crippen LogP contribution in [0.4, 0.5) is 4.39 Å². The second kappa shape index (κ2) is 6.55. The summed E-state index contributed by atoms with van der Waals surface area (Å²) < 4.78 is 13.2. The highest BCUT2D eigenvalue weighted by molar-refractivity contribution is 7.99. The second-order valence-electron chi connectivity index (χ2n) is 4.97. The van der Waals surface area contributed by atoms with Gasteiger partial charge >= 0.3 is 0 Å². The number of nitrogens with one attached hydrogen (secondary N) is 1. The van der Waals surface area contributed by atoms with Gasteiger partial charge in [0.15, 0.2) is 0 Å². The lowest BCUT2D eigenvalue weighted by atomic mass is 10.1. The van der Waals surface area contributed by atoms with E-state index in [0.29, 0.717) is 5.56 Å². The minimum Gasteiger partial charge on any atom is -0.271 e. The topological polar surface area (TPSA) is 38.0 Å². The van der Waals surface area contributed by atoms with E-state index < -0.39 is 0 Å². The average Bonchev–Trinajstić information content (AvgIpc) is 2.87. The lowest BCUT2D eigenvalue weighted by Gasteiger charge is -2.19. The van der Waals surface area contributed by atoms with E-state index >= 15 is 0 Å². The van der Waals surface area contributed by atoms with Crippen LogP contribution in [0.25, 0.3) is 0 Å². The molecule has 1 saturated carbocycles. The Morgan fingerprint density at radius 1 is 1.44 bits per heavy atom. The van der Waals surface area contributed by atoms with Crippen LogP contribution in [0, 0.1) is 12.7 Å². The molecule has 0 amide bonds. The monoisotopic (exact) mass is 268 g/mol. The summed E-state index contributed by atoms with van der Waals surface area (Å²) in [4.78, 5) is 0. The van der Waals surface area contributed by atoms with Gasteiger partial charge in [0.25, 0.3) is 0 Å². The van der Waals surface area contributed by atoms with Crippen LogP contribution in [0.2, 0.25) is 0 Å². The van der Waals surface area contributed by atoms with Gasteiger partial charge in [-0.25, -0.2) is 4.39 Å². The summed E-state index contributed by atoms with van der Waals surface area (Å²) in [5, 5.41) is 0.780. The number of thioether (sulfide) groups is 1. The van der Waals surface area contributed by atoms with E-state index in [1.54, 1.807) is 6.92 Å². The molecule has 1 unspecified atom stereocenters. The van der Waals surface area contributed by atoms with Gasteiger partial charge in [-0.1, -0.05) is 25.0 Å². The van der Waals surface area contributed by atoms with Crippen LogP contribution < -0.4 is 11.3 Å². The standard InChI is InChI=1S/C14H21FN2S/c1-10-8-11(6-7-13(10)15)14(17-16)9-18-12-4-2-3-5-12/h6-8,12,14,17H,2-5,9,16H2,1H3. The number of halogens is 1. The predicted molar refractivity (Wildman–Crippen MR) is 75.9 cm³/mol. The van der Waals surface area contributed by atoms with Crippen LogP contribution in [-0.4, -0.2) is 11.0 Å². The van der Waals surface area contributed by atoms with E-state index in [-0.39, 0.29) is 11.9 Å². The summed E-state index contributed by atoms with van der Waals surface area (Å²) in [5.74, 6) is 6.42. The van der Waals surface area contributed by atoms with E-state index in [0.717, 1.165) is 16.6 Å². The van der Waals surface area contributed by atoms with Gasteiger partial charge in [-0.3, -0.25) is 11.3 Å². The highest BCUT2D eigenvalue weighted by atomic mass is 32.2. The van der Waals surface area contributed by atoms with Crippen molar-refractivity contribution in [2.75, 3.05) is 5.75 Å². The summed E-state index contributed by atoms with van der Waals surface area (Å²) in [6, 6.07) is 5.33. The van der Waals surface area contributed by atoms with Crippen LogP contribution >= 0.6 is 11.8 Å². The molecular weight excluding hydrogens is 247 g/mol. The zero-order chi connectivity index (χ0) is 13.0. The molecule has 0 heterocycles. The summed E-state index contributed by atoms with van der Waals surface area (Å²) in [5.41, 5.74) is 4.60. The van der Waals surface area contributed by atoms with Crippen LogP contribution in [0.15, 0.2) is 18.2 Å². The second-order valence-corrected chi connectivity index (χ2v) is 6.30. The fourth-order valence-corrected chi connectivity index (χ4v) is 3.83. The number of benzene rings is 1. The van der Waals surface area contributed by atoms with Crippen molar-refractivity contribution in [3.05, 3.63) is 35.1 Å². The van der Waals surface area contributed by atoms with Crippen molar-refractivity contribution in [1.82, 2.24) is 5.43 Å². The quantitative estimate of drug-likeness (QED) is 0.635. The Morgan fingerprint density at radius 3 is 2.78 bits per heavy atom. The lowest BCUT2D eigenvalue weighted by Crippen LogP contribution is -2.30. The maximum absolute atomic E-state index is 13.2. The number of nitrogens with two attached hydrogens (primary N) is 1. The molecule has 1 aliphatic rings. The van der Waals surface area contributed by atoms with Gasteiger partial charge in [0, 0.05) is 11.0 Å². The normalized spacial score (nSPS) is 18.2. The van der Waals surface area contributed by atoms with Crippen molar-refractivity contribution >= 4 is 11.8 Å². The molecule has 2 nitrogen and oxygen atoms in total.